The van der Waals surface area contributed by atoms with Gasteiger partial charge < -0.3 is 10.6 Å². The molecule has 94 valence electrons. The van der Waals surface area contributed by atoms with Crippen LogP contribution in [0.5, 0.6) is 0 Å². The van der Waals surface area contributed by atoms with E-state index in [1.807, 2.05) is 0 Å². The monoisotopic (exact) mass is 224 g/mol. The Morgan fingerprint density at radius 2 is 1.69 bits per heavy atom. The van der Waals surface area contributed by atoms with Gasteiger partial charge >= 0.3 is 0 Å². The largest absolute Gasteiger partial charge is 0.328 e. The summed E-state index contributed by atoms with van der Waals surface area (Å²) in [4.78, 5) is 2.66. The van der Waals surface area contributed by atoms with Crippen molar-refractivity contribution in [2.45, 2.75) is 58.4 Å². The average molecular weight is 224 g/mol. The third kappa shape index (κ3) is 2.98. The number of piperidine rings is 1. The zero-order valence-corrected chi connectivity index (χ0v) is 11.0. The zero-order valence-electron chi connectivity index (χ0n) is 11.0. The van der Waals surface area contributed by atoms with Crippen molar-refractivity contribution in [2.75, 3.05) is 19.6 Å². The minimum Gasteiger partial charge on any atom is -0.328 e. The first-order valence-electron chi connectivity index (χ1n) is 7.08. The Morgan fingerprint density at radius 1 is 1.12 bits per heavy atom. The molecular formula is C14H28N2. The van der Waals surface area contributed by atoms with Crippen LogP contribution in [0.3, 0.4) is 0 Å². The lowest BCUT2D eigenvalue weighted by molar-refractivity contribution is 0.0576. The van der Waals surface area contributed by atoms with E-state index >= 15 is 0 Å². The first-order valence-corrected chi connectivity index (χ1v) is 7.08. The van der Waals surface area contributed by atoms with E-state index in [2.05, 4.69) is 18.7 Å². The Balaban J connectivity index is 1.80. The molecule has 1 saturated carbocycles. The van der Waals surface area contributed by atoms with E-state index in [0.717, 1.165) is 5.92 Å². The maximum Gasteiger partial charge on any atom is 0.00392 e. The van der Waals surface area contributed by atoms with Gasteiger partial charge in [-0.15, -0.1) is 0 Å². The summed E-state index contributed by atoms with van der Waals surface area (Å²) in [7, 11) is 0. The first-order chi connectivity index (χ1) is 7.60. The average Bonchev–Trinajstić information content (AvgIpc) is 2.26. The molecule has 0 aromatic rings. The van der Waals surface area contributed by atoms with Crippen LogP contribution in [0.25, 0.3) is 0 Å². The van der Waals surface area contributed by atoms with Crippen LogP contribution in [0.1, 0.15) is 52.4 Å². The summed E-state index contributed by atoms with van der Waals surface area (Å²) in [5, 5.41) is 0. The molecule has 1 aliphatic carbocycles. The summed E-state index contributed by atoms with van der Waals surface area (Å²) in [5.74, 6) is 0.814. The molecule has 0 unspecified atom stereocenters. The summed E-state index contributed by atoms with van der Waals surface area (Å²) in [5.41, 5.74) is 6.69. The highest BCUT2D eigenvalue weighted by atomic mass is 15.1. The molecule has 0 aromatic carbocycles. The van der Waals surface area contributed by atoms with Crippen molar-refractivity contribution < 1.29 is 0 Å². The quantitative estimate of drug-likeness (QED) is 0.781. The fourth-order valence-electron chi connectivity index (χ4n) is 3.48. The number of hydrogen-bond acceptors (Lipinski definition) is 2. The molecule has 0 bridgehead atoms. The van der Waals surface area contributed by atoms with Crippen molar-refractivity contribution in [1.29, 1.82) is 0 Å². The number of rotatable bonds is 2. The number of nitrogens with two attached hydrogens (primary N) is 1. The van der Waals surface area contributed by atoms with Crippen molar-refractivity contribution in [2.24, 2.45) is 17.1 Å². The Hall–Kier alpha value is -0.0800. The first kappa shape index (κ1) is 12.4. The highest BCUT2D eigenvalue weighted by Gasteiger charge is 2.37. The number of nitrogens with zero attached hydrogens (tertiary/aromatic N) is 1. The van der Waals surface area contributed by atoms with Crippen molar-refractivity contribution in [3.05, 3.63) is 0 Å². The molecule has 1 saturated heterocycles. The molecule has 0 amide bonds. The fraction of sp³-hybridized carbons (Fsp3) is 1.00. The molecule has 2 N–H and O–H groups in total. The van der Waals surface area contributed by atoms with E-state index in [1.54, 1.807) is 0 Å². The summed E-state index contributed by atoms with van der Waals surface area (Å²) >= 11 is 0. The van der Waals surface area contributed by atoms with Crippen LogP contribution in [0.2, 0.25) is 0 Å². The Labute approximate surface area is 101 Å². The van der Waals surface area contributed by atoms with Gasteiger partial charge in [-0.3, -0.25) is 0 Å². The van der Waals surface area contributed by atoms with Gasteiger partial charge in [0, 0.05) is 12.6 Å². The minimum absolute atomic E-state index is 0.499. The zero-order chi connectivity index (χ0) is 11.6. The van der Waals surface area contributed by atoms with E-state index < -0.39 is 0 Å². The topological polar surface area (TPSA) is 29.3 Å². The van der Waals surface area contributed by atoms with E-state index in [4.69, 9.17) is 5.73 Å². The maximum absolute atomic E-state index is 6.01. The predicted molar refractivity (Wildman–Crippen MR) is 69.4 cm³/mol. The lowest BCUT2D eigenvalue weighted by Crippen LogP contribution is -2.44. The molecule has 1 spiro atoms. The van der Waals surface area contributed by atoms with Crippen molar-refractivity contribution in [3.63, 3.8) is 0 Å². The number of likely N-dealkylation sites (tertiary alicyclic amines) is 1. The van der Waals surface area contributed by atoms with Gasteiger partial charge in [-0.1, -0.05) is 13.8 Å². The van der Waals surface area contributed by atoms with Crippen LogP contribution in [0.4, 0.5) is 0 Å². The number of hydrogen-bond donors (Lipinski definition) is 1. The summed E-state index contributed by atoms with van der Waals surface area (Å²) in [6.45, 7) is 8.59. The molecule has 16 heavy (non-hydrogen) atoms. The second-order valence-corrected chi connectivity index (χ2v) is 6.53. The van der Waals surface area contributed by atoms with Crippen molar-refractivity contribution in [3.8, 4) is 0 Å². The summed E-state index contributed by atoms with van der Waals surface area (Å²) in [6, 6.07) is 0.499. The van der Waals surface area contributed by atoms with Gasteiger partial charge in [-0.05, 0) is 62.9 Å². The van der Waals surface area contributed by atoms with Crippen LogP contribution in [-0.4, -0.2) is 30.6 Å². The van der Waals surface area contributed by atoms with Crippen molar-refractivity contribution >= 4 is 0 Å². The van der Waals surface area contributed by atoms with Crippen LogP contribution in [0, 0.1) is 11.3 Å². The molecule has 0 radical (unpaired) electrons. The van der Waals surface area contributed by atoms with E-state index in [1.165, 1.54) is 58.2 Å². The van der Waals surface area contributed by atoms with Crippen LogP contribution in [0.15, 0.2) is 0 Å². The minimum atomic E-state index is 0.499. The van der Waals surface area contributed by atoms with Gasteiger partial charge in [-0.25, -0.2) is 0 Å². The third-order valence-electron chi connectivity index (χ3n) is 4.63. The SMILES string of the molecule is CC(C)CN1CCC2(CCC(N)CC2)CC1. The molecule has 1 heterocycles. The molecule has 0 aromatic heterocycles. The van der Waals surface area contributed by atoms with Gasteiger partial charge in [-0.2, -0.15) is 0 Å². The lowest BCUT2D eigenvalue weighted by atomic mass is 9.67. The molecule has 1 aliphatic heterocycles. The van der Waals surface area contributed by atoms with Gasteiger partial charge in [0.2, 0.25) is 0 Å². The highest BCUT2D eigenvalue weighted by molar-refractivity contribution is 4.91. The molecule has 2 nitrogen and oxygen atoms in total. The Morgan fingerprint density at radius 3 is 2.19 bits per heavy atom. The maximum atomic E-state index is 6.01. The van der Waals surface area contributed by atoms with Gasteiger partial charge in [0.15, 0.2) is 0 Å². The molecule has 2 fully saturated rings. The Kier molecular flexibility index (Phi) is 3.91. The van der Waals surface area contributed by atoms with Gasteiger partial charge in [0.05, 0.1) is 0 Å². The lowest BCUT2D eigenvalue weighted by Gasteiger charge is -2.45. The Bertz CT molecular complexity index is 207. The molecule has 2 aliphatic rings. The third-order valence-corrected chi connectivity index (χ3v) is 4.63. The van der Waals surface area contributed by atoms with Gasteiger partial charge in [0.25, 0.3) is 0 Å². The highest BCUT2D eigenvalue weighted by Crippen LogP contribution is 2.44. The summed E-state index contributed by atoms with van der Waals surface area (Å²) in [6.07, 6.45) is 8.17. The predicted octanol–water partition coefficient (Wildman–Crippen LogP) is 2.63. The van der Waals surface area contributed by atoms with Gasteiger partial charge in [0.1, 0.15) is 0 Å². The summed E-state index contributed by atoms with van der Waals surface area (Å²) < 4.78 is 0. The van der Waals surface area contributed by atoms with Crippen LogP contribution in [-0.2, 0) is 0 Å². The van der Waals surface area contributed by atoms with Crippen LogP contribution >= 0.6 is 0 Å². The fourth-order valence-corrected chi connectivity index (χ4v) is 3.48. The van der Waals surface area contributed by atoms with E-state index in [0.29, 0.717) is 11.5 Å². The van der Waals surface area contributed by atoms with Crippen molar-refractivity contribution in [1.82, 2.24) is 4.90 Å². The molecule has 0 atom stereocenters. The molecule has 2 rings (SSSR count). The second kappa shape index (κ2) is 5.05. The smallest absolute Gasteiger partial charge is 0.00392 e. The molecule has 2 heteroatoms. The standard InChI is InChI=1S/C14H28N2/c1-12(2)11-16-9-7-14(8-10-16)5-3-13(15)4-6-14/h12-13H,3-11,15H2,1-2H3. The van der Waals surface area contributed by atoms with E-state index in [9.17, 15) is 0 Å². The second-order valence-electron chi connectivity index (χ2n) is 6.53. The normalized spacial score (nSPS) is 27.8. The van der Waals surface area contributed by atoms with Crippen LogP contribution < -0.4 is 5.73 Å². The van der Waals surface area contributed by atoms with E-state index in [-0.39, 0.29) is 0 Å². The molecular weight excluding hydrogens is 196 g/mol.